The fourth-order valence-corrected chi connectivity index (χ4v) is 2.00. The van der Waals surface area contributed by atoms with Gasteiger partial charge < -0.3 is 0 Å². The Morgan fingerprint density at radius 1 is 1.13 bits per heavy atom. The van der Waals surface area contributed by atoms with Gasteiger partial charge in [0.25, 0.3) is 0 Å². The highest BCUT2D eigenvalue weighted by Crippen LogP contribution is 2.21. The van der Waals surface area contributed by atoms with Crippen molar-refractivity contribution in [3.05, 3.63) is 53.9 Å². The Morgan fingerprint density at radius 3 is 2.87 bits per heavy atom. The lowest BCUT2D eigenvalue weighted by molar-refractivity contribution is 0.790. The zero-order valence-corrected chi connectivity index (χ0v) is 8.43. The van der Waals surface area contributed by atoms with Gasteiger partial charge in [-0.25, -0.2) is 4.68 Å². The van der Waals surface area contributed by atoms with Crippen molar-refractivity contribution in [3.8, 4) is 5.69 Å². The molecule has 2 heteroatoms. The fraction of sp³-hybridized carbons (Fsp3) is 0.154. The molecule has 1 aromatic carbocycles. The van der Waals surface area contributed by atoms with Gasteiger partial charge in [0.2, 0.25) is 0 Å². The lowest BCUT2D eigenvalue weighted by Gasteiger charge is -2.09. The van der Waals surface area contributed by atoms with Crippen molar-refractivity contribution in [1.82, 2.24) is 9.78 Å². The average Bonchev–Trinajstić information content (AvgIpc) is 2.74. The maximum Gasteiger partial charge on any atom is 0.0649 e. The summed E-state index contributed by atoms with van der Waals surface area (Å²) in [5.74, 6) is 0. The Kier molecular flexibility index (Phi) is 1.91. The highest BCUT2D eigenvalue weighted by Gasteiger charge is 2.11. The molecule has 0 aliphatic heterocycles. The number of hydrogen-bond acceptors (Lipinski definition) is 1. The topological polar surface area (TPSA) is 17.8 Å². The number of benzene rings is 1. The SMILES string of the molecule is C1=Cc2cnn(-c3ccccc3)c2CC1. The van der Waals surface area contributed by atoms with Crippen LogP contribution in [0.5, 0.6) is 0 Å². The van der Waals surface area contributed by atoms with Crippen LogP contribution < -0.4 is 0 Å². The molecule has 2 aromatic rings. The molecule has 15 heavy (non-hydrogen) atoms. The molecule has 0 unspecified atom stereocenters. The van der Waals surface area contributed by atoms with Crippen LogP contribution in [-0.4, -0.2) is 9.78 Å². The van der Waals surface area contributed by atoms with Gasteiger partial charge in [0.15, 0.2) is 0 Å². The maximum atomic E-state index is 4.43. The van der Waals surface area contributed by atoms with Crippen LogP contribution in [0.4, 0.5) is 0 Å². The van der Waals surface area contributed by atoms with E-state index in [2.05, 4.69) is 29.4 Å². The number of fused-ring (bicyclic) bond motifs is 1. The minimum Gasteiger partial charge on any atom is -0.237 e. The number of aromatic nitrogens is 2. The first kappa shape index (κ1) is 8.48. The molecular weight excluding hydrogens is 184 g/mol. The van der Waals surface area contributed by atoms with Gasteiger partial charge in [0, 0.05) is 5.56 Å². The molecule has 0 fully saturated rings. The van der Waals surface area contributed by atoms with Gasteiger partial charge >= 0.3 is 0 Å². The summed E-state index contributed by atoms with van der Waals surface area (Å²) < 4.78 is 2.04. The Hall–Kier alpha value is -1.83. The number of para-hydroxylation sites is 1. The minimum atomic E-state index is 1.08. The monoisotopic (exact) mass is 196 g/mol. The molecule has 74 valence electrons. The molecule has 1 heterocycles. The van der Waals surface area contributed by atoms with Gasteiger partial charge in [-0.2, -0.15) is 5.10 Å². The summed E-state index contributed by atoms with van der Waals surface area (Å²) in [6, 6.07) is 10.3. The molecule has 0 spiro atoms. The highest BCUT2D eigenvalue weighted by atomic mass is 15.3. The quantitative estimate of drug-likeness (QED) is 0.685. The van der Waals surface area contributed by atoms with Crippen molar-refractivity contribution in [2.45, 2.75) is 12.8 Å². The minimum absolute atomic E-state index is 1.08. The number of hydrogen-bond donors (Lipinski definition) is 0. The lowest BCUT2D eigenvalue weighted by atomic mass is 10.1. The summed E-state index contributed by atoms with van der Waals surface area (Å²) in [5, 5.41) is 4.43. The Morgan fingerprint density at radius 2 is 2.00 bits per heavy atom. The van der Waals surface area contributed by atoms with Gasteiger partial charge in [-0.1, -0.05) is 30.4 Å². The van der Waals surface area contributed by atoms with Gasteiger partial charge in [-0.15, -0.1) is 0 Å². The van der Waals surface area contributed by atoms with Crippen LogP contribution in [0.1, 0.15) is 17.7 Å². The zero-order chi connectivity index (χ0) is 10.1. The second-order valence-corrected chi connectivity index (χ2v) is 3.74. The number of allylic oxidation sites excluding steroid dienone is 1. The zero-order valence-electron chi connectivity index (χ0n) is 8.43. The fourth-order valence-electron chi connectivity index (χ4n) is 2.00. The van der Waals surface area contributed by atoms with Crippen LogP contribution >= 0.6 is 0 Å². The molecule has 0 bridgehead atoms. The van der Waals surface area contributed by atoms with Crippen LogP contribution in [0.3, 0.4) is 0 Å². The average molecular weight is 196 g/mol. The maximum absolute atomic E-state index is 4.43. The molecule has 0 amide bonds. The number of rotatable bonds is 1. The van der Waals surface area contributed by atoms with E-state index in [-0.39, 0.29) is 0 Å². The van der Waals surface area contributed by atoms with Crippen molar-refractivity contribution in [2.75, 3.05) is 0 Å². The molecule has 0 radical (unpaired) electrons. The Balaban J connectivity index is 2.14. The van der Waals surface area contributed by atoms with E-state index in [1.807, 2.05) is 29.1 Å². The summed E-state index contributed by atoms with van der Waals surface area (Å²) in [7, 11) is 0. The van der Waals surface area contributed by atoms with Crippen molar-refractivity contribution in [1.29, 1.82) is 0 Å². The van der Waals surface area contributed by atoms with E-state index in [0.717, 1.165) is 18.5 Å². The van der Waals surface area contributed by atoms with E-state index in [1.54, 1.807) is 0 Å². The van der Waals surface area contributed by atoms with Gasteiger partial charge in [-0.05, 0) is 25.0 Å². The van der Waals surface area contributed by atoms with E-state index < -0.39 is 0 Å². The van der Waals surface area contributed by atoms with Crippen LogP contribution in [0.25, 0.3) is 11.8 Å². The first-order valence-electron chi connectivity index (χ1n) is 5.24. The van der Waals surface area contributed by atoms with Crippen LogP contribution in [-0.2, 0) is 6.42 Å². The third kappa shape index (κ3) is 1.38. The molecule has 0 saturated carbocycles. The van der Waals surface area contributed by atoms with Crippen molar-refractivity contribution in [2.24, 2.45) is 0 Å². The molecule has 0 saturated heterocycles. The first-order chi connectivity index (χ1) is 7.45. The molecule has 0 N–H and O–H groups in total. The van der Waals surface area contributed by atoms with Gasteiger partial charge in [-0.3, -0.25) is 0 Å². The lowest BCUT2D eigenvalue weighted by Crippen LogP contribution is -2.03. The molecule has 2 nitrogen and oxygen atoms in total. The van der Waals surface area contributed by atoms with Gasteiger partial charge in [0.05, 0.1) is 17.6 Å². The summed E-state index contributed by atoms with van der Waals surface area (Å²) in [6.45, 7) is 0. The number of nitrogens with zero attached hydrogens (tertiary/aromatic N) is 2. The van der Waals surface area contributed by atoms with Crippen molar-refractivity contribution in [3.63, 3.8) is 0 Å². The van der Waals surface area contributed by atoms with E-state index in [4.69, 9.17) is 0 Å². The summed E-state index contributed by atoms with van der Waals surface area (Å²) in [4.78, 5) is 0. The smallest absolute Gasteiger partial charge is 0.0649 e. The predicted molar refractivity (Wildman–Crippen MR) is 60.9 cm³/mol. The Bertz CT molecular complexity index is 495. The summed E-state index contributed by atoms with van der Waals surface area (Å²) in [5.41, 5.74) is 3.72. The van der Waals surface area contributed by atoms with Crippen LogP contribution in [0.15, 0.2) is 42.6 Å². The van der Waals surface area contributed by atoms with E-state index >= 15 is 0 Å². The van der Waals surface area contributed by atoms with E-state index in [1.165, 1.54) is 11.3 Å². The summed E-state index contributed by atoms with van der Waals surface area (Å²) in [6.07, 6.45) is 8.51. The summed E-state index contributed by atoms with van der Waals surface area (Å²) >= 11 is 0. The molecule has 3 rings (SSSR count). The van der Waals surface area contributed by atoms with E-state index in [9.17, 15) is 0 Å². The van der Waals surface area contributed by atoms with Gasteiger partial charge in [0.1, 0.15) is 0 Å². The molecule has 1 aliphatic carbocycles. The van der Waals surface area contributed by atoms with Crippen LogP contribution in [0, 0.1) is 0 Å². The predicted octanol–water partition coefficient (Wildman–Crippen LogP) is 2.83. The van der Waals surface area contributed by atoms with Crippen molar-refractivity contribution < 1.29 is 0 Å². The molecule has 1 aliphatic rings. The normalized spacial score (nSPS) is 13.9. The third-order valence-corrected chi connectivity index (χ3v) is 2.75. The van der Waals surface area contributed by atoms with Crippen LogP contribution in [0.2, 0.25) is 0 Å². The second-order valence-electron chi connectivity index (χ2n) is 3.74. The Labute approximate surface area is 88.9 Å². The van der Waals surface area contributed by atoms with E-state index in [0.29, 0.717) is 0 Å². The third-order valence-electron chi connectivity index (χ3n) is 2.75. The molecular formula is C13H12N2. The van der Waals surface area contributed by atoms with Crippen molar-refractivity contribution >= 4 is 6.08 Å². The first-order valence-corrected chi connectivity index (χ1v) is 5.24. The highest BCUT2D eigenvalue weighted by molar-refractivity contribution is 5.55. The molecule has 0 atom stereocenters. The largest absolute Gasteiger partial charge is 0.237 e. The second kappa shape index (κ2) is 3.39. The molecule has 1 aromatic heterocycles. The standard InChI is InChI=1S/C13H12N2/c1-2-7-12(8-3-1)15-13-9-5-4-6-11(13)10-14-15/h1-4,6-8,10H,5,9H2.